The lowest BCUT2D eigenvalue weighted by Gasteiger charge is -2.17. The maximum atomic E-state index is 12.3. The first kappa shape index (κ1) is 15.0. The highest BCUT2D eigenvalue weighted by Gasteiger charge is 2.25. The van der Waals surface area contributed by atoms with Crippen molar-refractivity contribution < 1.29 is 13.2 Å². The Labute approximate surface area is 120 Å². The molecule has 1 unspecified atom stereocenters. The Morgan fingerprint density at radius 3 is 2.75 bits per heavy atom. The summed E-state index contributed by atoms with van der Waals surface area (Å²) in [4.78, 5) is 13.4. The highest BCUT2D eigenvalue weighted by Crippen LogP contribution is 2.30. The van der Waals surface area contributed by atoms with Crippen molar-refractivity contribution >= 4 is 21.6 Å². The average molecular weight is 296 g/mol. The number of nitrogens with one attached hydrogen (secondary N) is 1. The van der Waals surface area contributed by atoms with Gasteiger partial charge in [-0.3, -0.25) is 4.79 Å². The Morgan fingerprint density at radius 2 is 2.15 bits per heavy atom. The summed E-state index contributed by atoms with van der Waals surface area (Å²) in [5.74, 6) is -0.0619. The lowest BCUT2D eigenvalue weighted by molar-refractivity contribution is -0.116. The fourth-order valence-electron chi connectivity index (χ4n) is 2.27. The van der Waals surface area contributed by atoms with E-state index in [2.05, 4.69) is 4.72 Å². The van der Waals surface area contributed by atoms with Crippen molar-refractivity contribution in [3.63, 3.8) is 0 Å². The van der Waals surface area contributed by atoms with Crippen LogP contribution in [0.15, 0.2) is 23.1 Å². The van der Waals surface area contributed by atoms with Crippen molar-refractivity contribution in [2.45, 2.75) is 44.6 Å². The molecule has 1 aliphatic heterocycles. The van der Waals surface area contributed by atoms with Gasteiger partial charge in [0.05, 0.1) is 4.90 Å². The molecule has 0 saturated heterocycles. The normalized spacial score (nSPS) is 16.1. The number of hydrogen-bond donors (Lipinski definition) is 1. The zero-order valence-electron chi connectivity index (χ0n) is 12.0. The van der Waals surface area contributed by atoms with E-state index in [0.29, 0.717) is 12.2 Å². The van der Waals surface area contributed by atoms with Crippen LogP contribution in [0, 0.1) is 0 Å². The molecule has 0 aromatic heterocycles. The van der Waals surface area contributed by atoms with Gasteiger partial charge in [-0.2, -0.15) is 0 Å². The van der Waals surface area contributed by atoms with Crippen LogP contribution in [-0.4, -0.2) is 26.9 Å². The molecule has 1 heterocycles. The highest BCUT2D eigenvalue weighted by molar-refractivity contribution is 7.89. The molecule has 6 heteroatoms. The quantitative estimate of drug-likeness (QED) is 0.919. The Bertz CT molecular complexity index is 625. The molecular weight excluding hydrogens is 276 g/mol. The van der Waals surface area contributed by atoms with Gasteiger partial charge in [-0.25, -0.2) is 13.1 Å². The molecule has 0 spiro atoms. The fourth-order valence-corrected chi connectivity index (χ4v) is 3.62. The van der Waals surface area contributed by atoms with E-state index in [1.54, 1.807) is 23.1 Å². The summed E-state index contributed by atoms with van der Waals surface area (Å²) < 4.78 is 27.2. The minimum absolute atomic E-state index is 0.0619. The SMILES string of the molecule is CCC(C)NS(=O)(=O)c1ccc2c(c1)N(C(C)=O)CC2. The number of hydrogen-bond acceptors (Lipinski definition) is 3. The zero-order valence-corrected chi connectivity index (χ0v) is 12.8. The smallest absolute Gasteiger partial charge is 0.240 e. The van der Waals surface area contributed by atoms with E-state index >= 15 is 0 Å². The van der Waals surface area contributed by atoms with Gasteiger partial charge < -0.3 is 4.90 Å². The third-order valence-corrected chi connectivity index (χ3v) is 5.20. The van der Waals surface area contributed by atoms with Crippen molar-refractivity contribution in [1.82, 2.24) is 4.72 Å². The zero-order chi connectivity index (χ0) is 14.9. The van der Waals surface area contributed by atoms with Crippen LogP contribution in [0.5, 0.6) is 0 Å². The molecule has 0 aliphatic carbocycles. The van der Waals surface area contributed by atoms with Gasteiger partial charge in [-0.1, -0.05) is 13.0 Å². The van der Waals surface area contributed by atoms with Crippen LogP contribution >= 0.6 is 0 Å². The number of nitrogens with zero attached hydrogens (tertiary/aromatic N) is 1. The van der Waals surface area contributed by atoms with E-state index in [0.717, 1.165) is 18.4 Å². The third-order valence-electron chi connectivity index (χ3n) is 3.61. The molecule has 1 amide bonds. The number of carbonyl (C=O) groups excluding carboxylic acids is 1. The summed E-state index contributed by atoms with van der Waals surface area (Å²) in [7, 11) is -3.53. The minimum Gasteiger partial charge on any atom is -0.312 e. The molecule has 0 saturated carbocycles. The lowest BCUT2D eigenvalue weighted by atomic mass is 10.2. The third kappa shape index (κ3) is 2.86. The monoisotopic (exact) mass is 296 g/mol. The Kier molecular flexibility index (Phi) is 4.15. The molecule has 0 fully saturated rings. The first-order valence-electron chi connectivity index (χ1n) is 6.78. The van der Waals surface area contributed by atoms with Gasteiger partial charge in [0.1, 0.15) is 0 Å². The van der Waals surface area contributed by atoms with Gasteiger partial charge in [0.2, 0.25) is 15.9 Å². The molecule has 1 aliphatic rings. The number of benzene rings is 1. The van der Waals surface area contributed by atoms with E-state index in [1.165, 1.54) is 6.92 Å². The Balaban J connectivity index is 2.36. The van der Waals surface area contributed by atoms with Gasteiger partial charge in [0.25, 0.3) is 0 Å². The molecule has 110 valence electrons. The number of amides is 1. The van der Waals surface area contributed by atoms with Crippen LogP contribution in [0.1, 0.15) is 32.8 Å². The Hall–Kier alpha value is -1.40. The number of fused-ring (bicyclic) bond motifs is 1. The minimum atomic E-state index is -3.53. The summed E-state index contributed by atoms with van der Waals surface area (Å²) >= 11 is 0. The Morgan fingerprint density at radius 1 is 1.45 bits per heavy atom. The summed E-state index contributed by atoms with van der Waals surface area (Å²) in [6.07, 6.45) is 1.50. The van der Waals surface area contributed by atoms with Crippen LogP contribution in [0.25, 0.3) is 0 Å². The maximum Gasteiger partial charge on any atom is 0.240 e. The number of sulfonamides is 1. The molecule has 1 atom stereocenters. The number of anilines is 1. The van der Waals surface area contributed by atoms with Crippen molar-refractivity contribution in [3.8, 4) is 0 Å². The molecule has 1 aromatic rings. The molecule has 20 heavy (non-hydrogen) atoms. The van der Waals surface area contributed by atoms with E-state index in [1.807, 2.05) is 13.8 Å². The van der Waals surface area contributed by atoms with Gasteiger partial charge in [0, 0.05) is 25.2 Å². The van der Waals surface area contributed by atoms with Crippen LogP contribution in [0.2, 0.25) is 0 Å². The van der Waals surface area contributed by atoms with Crippen molar-refractivity contribution in [2.75, 3.05) is 11.4 Å². The van der Waals surface area contributed by atoms with Crippen molar-refractivity contribution in [1.29, 1.82) is 0 Å². The van der Waals surface area contributed by atoms with Gasteiger partial charge in [0.15, 0.2) is 0 Å². The second kappa shape index (κ2) is 5.54. The predicted octanol–water partition coefficient (Wildman–Crippen LogP) is 1.67. The van der Waals surface area contributed by atoms with Crippen molar-refractivity contribution in [2.24, 2.45) is 0 Å². The maximum absolute atomic E-state index is 12.3. The van der Waals surface area contributed by atoms with E-state index in [-0.39, 0.29) is 16.8 Å². The summed E-state index contributed by atoms with van der Waals surface area (Å²) in [6.45, 7) is 5.86. The van der Waals surface area contributed by atoms with Gasteiger partial charge >= 0.3 is 0 Å². The molecule has 5 nitrogen and oxygen atoms in total. The van der Waals surface area contributed by atoms with Crippen LogP contribution in [0.3, 0.4) is 0 Å². The van der Waals surface area contributed by atoms with Crippen LogP contribution in [0.4, 0.5) is 5.69 Å². The second-order valence-corrected chi connectivity index (χ2v) is 6.86. The standard InChI is InChI=1S/C14H20N2O3S/c1-4-10(2)15-20(18,19)13-6-5-12-7-8-16(11(3)17)14(12)9-13/h5-6,9-10,15H,4,7-8H2,1-3H3. The summed E-state index contributed by atoms with van der Waals surface area (Å²) in [5.41, 5.74) is 1.73. The molecule has 0 radical (unpaired) electrons. The van der Waals surface area contributed by atoms with E-state index in [9.17, 15) is 13.2 Å². The second-order valence-electron chi connectivity index (χ2n) is 5.14. The van der Waals surface area contributed by atoms with Gasteiger partial charge in [-0.15, -0.1) is 0 Å². The number of rotatable bonds is 4. The first-order valence-corrected chi connectivity index (χ1v) is 8.27. The van der Waals surface area contributed by atoms with Gasteiger partial charge in [-0.05, 0) is 37.5 Å². The average Bonchev–Trinajstić information content (AvgIpc) is 2.80. The fraction of sp³-hybridized carbons (Fsp3) is 0.500. The van der Waals surface area contributed by atoms with Crippen molar-refractivity contribution in [3.05, 3.63) is 23.8 Å². The molecular formula is C14H20N2O3S. The van der Waals surface area contributed by atoms with E-state index < -0.39 is 10.0 Å². The summed E-state index contributed by atoms with van der Waals surface area (Å²) in [6, 6.07) is 4.88. The largest absolute Gasteiger partial charge is 0.312 e. The molecule has 1 N–H and O–H groups in total. The van der Waals surface area contributed by atoms with Crippen LogP contribution < -0.4 is 9.62 Å². The van der Waals surface area contributed by atoms with Crippen LogP contribution in [-0.2, 0) is 21.2 Å². The summed E-state index contributed by atoms with van der Waals surface area (Å²) in [5, 5.41) is 0. The molecule has 1 aromatic carbocycles. The predicted molar refractivity (Wildman–Crippen MR) is 78.2 cm³/mol. The molecule has 0 bridgehead atoms. The lowest BCUT2D eigenvalue weighted by Crippen LogP contribution is -2.32. The topological polar surface area (TPSA) is 66.5 Å². The number of carbonyl (C=O) groups is 1. The van der Waals surface area contributed by atoms with E-state index in [4.69, 9.17) is 0 Å². The highest BCUT2D eigenvalue weighted by atomic mass is 32.2. The first-order chi connectivity index (χ1) is 9.35. The molecule has 2 rings (SSSR count).